The van der Waals surface area contributed by atoms with Gasteiger partial charge in [0, 0.05) is 37.3 Å². The van der Waals surface area contributed by atoms with Crippen LogP contribution in [0.1, 0.15) is 30.9 Å². The van der Waals surface area contributed by atoms with Gasteiger partial charge in [-0.2, -0.15) is 0 Å². The summed E-state index contributed by atoms with van der Waals surface area (Å²) < 4.78 is 28.0. The zero-order valence-corrected chi connectivity index (χ0v) is 17.0. The summed E-state index contributed by atoms with van der Waals surface area (Å²) in [6.45, 7) is 2.63. The molecule has 1 heterocycles. The summed E-state index contributed by atoms with van der Waals surface area (Å²) in [7, 11) is -3.76. The fraction of sp³-hybridized carbons (Fsp3) is 0.333. The number of fused-ring (bicyclic) bond motifs is 1. The van der Waals surface area contributed by atoms with Gasteiger partial charge in [-0.15, -0.1) is 0 Å². The van der Waals surface area contributed by atoms with E-state index in [0.717, 1.165) is 30.4 Å². The highest BCUT2D eigenvalue weighted by atomic mass is 32.2. The second kappa shape index (κ2) is 7.51. The van der Waals surface area contributed by atoms with Crippen molar-refractivity contribution in [3.8, 4) is 0 Å². The molecule has 152 valence electrons. The second-order valence-corrected chi connectivity index (χ2v) is 9.26. The number of hydrogen-bond donors (Lipinski definition) is 2. The number of benzene rings is 2. The fourth-order valence-corrected chi connectivity index (χ4v) is 4.58. The predicted molar refractivity (Wildman–Crippen MR) is 110 cm³/mol. The number of carbonyl (C=O) groups excluding carboxylic acids is 2. The normalized spacial score (nSPS) is 16.1. The Hall–Kier alpha value is -2.87. The standard InChI is InChI=1S/C21H23N3O4S/c1-14(25)22-18-6-8-20(9-7-18)29(27,28)23-19-5-4-15-10-11-24(13-17(15)12-19)21(26)16-2-3-16/h4-9,12,16,23H,2-3,10-11,13H2,1H3,(H,22,25). The molecule has 7 nitrogen and oxygen atoms in total. The molecule has 2 amide bonds. The summed E-state index contributed by atoms with van der Waals surface area (Å²) >= 11 is 0. The van der Waals surface area contributed by atoms with Crippen molar-refractivity contribution in [1.29, 1.82) is 0 Å². The number of sulfonamides is 1. The molecule has 2 aromatic carbocycles. The molecule has 0 bridgehead atoms. The van der Waals surface area contributed by atoms with Gasteiger partial charge in [0.1, 0.15) is 0 Å². The van der Waals surface area contributed by atoms with Crippen LogP contribution in [0.25, 0.3) is 0 Å². The van der Waals surface area contributed by atoms with Crippen molar-refractivity contribution >= 4 is 33.2 Å². The van der Waals surface area contributed by atoms with E-state index in [1.165, 1.54) is 19.1 Å². The van der Waals surface area contributed by atoms with Gasteiger partial charge in [0.2, 0.25) is 11.8 Å². The van der Waals surface area contributed by atoms with E-state index in [1.807, 2.05) is 17.0 Å². The molecule has 29 heavy (non-hydrogen) atoms. The minimum Gasteiger partial charge on any atom is -0.338 e. The number of amides is 2. The molecule has 0 spiro atoms. The third-order valence-corrected chi connectivity index (χ3v) is 6.59. The SMILES string of the molecule is CC(=O)Nc1ccc(S(=O)(=O)Nc2ccc3c(c2)CN(C(=O)C2CC2)CC3)cc1. The van der Waals surface area contributed by atoms with E-state index in [4.69, 9.17) is 0 Å². The molecule has 1 aliphatic carbocycles. The zero-order valence-electron chi connectivity index (χ0n) is 16.1. The Labute approximate surface area is 170 Å². The van der Waals surface area contributed by atoms with Gasteiger partial charge in [0.05, 0.1) is 4.90 Å². The summed E-state index contributed by atoms with van der Waals surface area (Å²) in [6.07, 6.45) is 2.73. The summed E-state index contributed by atoms with van der Waals surface area (Å²) in [5.41, 5.74) is 3.12. The van der Waals surface area contributed by atoms with E-state index >= 15 is 0 Å². The Kier molecular flexibility index (Phi) is 5.04. The molecule has 0 aromatic heterocycles. The van der Waals surface area contributed by atoms with E-state index in [2.05, 4.69) is 10.0 Å². The average molecular weight is 413 g/mol. The van der Waals surface area contributed by atoms with Crippen LogP contribution in [-0.4, -0.2) is 31.7 Å². The first-order valence-electron chi connectivity index (χ1n) is 9.63. The first kappa shape index (κ1) is 19.4. The maximum absolute atomic E-state index is 12.7. The lowest BCUT2D eigenvalue weighted by Gasteiger charge is -2.29. The molecule has 8 heteroatoms. The lowest BCUT2D eigenvalue weighted by atomic mass is 9.99. The molecular formula is C21H23N3O4S. The van der Waals surface area contributed by atoms with Crippen molar-refractivity contribution in [2.24, 2.45) is 5.92 Å². The minimum atomic E-state index is -3.76. The fourth-order valence-electron chi connectivity index (χ4n) is 3.53. The molecule has 2 N–H and O–H groups in total. The highest BCUT2D eigenvalue weighted by Gasteiger charge is 2.34. The third kappa shape index (κ3) is 4.42. The molecule has 0 radical (unpaired) electrons. The van der Waals surface area contributed by atoms with Crippen molar-refractivity contribution in [3.05, 3.63) is 53.6 Å². The average Bonchev–Trinajstić information content (AvgIpc) is 3.52. The van der Waals surface area contributed by atoms with E-state index in [1.54, 1.807) is 18.2 Å². The maximum atomic E-state index is 12.7. The van der Waals surface area contributed by atoms with E-state index < -0.39 is 10.0 Å². The molecule has 0 unspecified atom stereocenters. The molecule has 0 saturated heterocycles. The zero-order chi connectivity index (χ0) is 20.6. The van der Waals surface area contributed by atoms with Crippen LogP contribution in [0.3, 0.4) is 0 Å². The topological polar surface area (TPSA) is 95.6 Å². The molecule has 1 aliphatic heterocycles. The van der Waals surface area contributed by atoms with Gasteiger partial charge in [0.25, 0.3) is 10.0 Å². The second-order valence-electron chi connectivity index (χ2n) is 7.58. The van der Waals surface area contributed by atoms with Crippen molar-refractivity contribution in [2.75, 3.05) is 16.6 Å². The predicted octanol–water partition coefficient (Wildman–Crippen LogP) is 2.74. The number of anilines is 2. The maximum Gasteiger partial charge on any atom is 0.261 e. The smallest absolute Gasteiger partial charge is 0.261 e. The molecular weight excluding hydrogens is 390 g/mol. The van der Waals surface area contributed by atoms with Crippen molar-refractivity contribution in [2.45, 2.75) is 37.6 Å². The lowest BCUT2D eigenvalue weighted by molar-refractivity contribution is -0.133. The lowest BCUT2D eigenvalue weighted by Crippen LogP contribution is -2.36. The van der Waals surface area contributed by atoms with Crippen molar-refractivity contribution in [1.82, 2.24) is 4.90 Å². The van der Waals surface area contributed by atoms with Gasteiger partial charge >= 0.3 is 0 Å². The quantitative estimate of drug-likeness (QED) is 0.788. The van der Waals surface area contributed by atoms with E-state index in [0.29, 0.717) is 24.5 Å². The summed E-state index contributed by atoms with van der Waals surface area (Å²) in [6, 6.07) is 11.5. The summed E-state index contributed by atoms with van der Waals surface area (Å²) in [5.74, 6) is 0.168. The number of carbonyl (C=O) groups is 2. The van der Waals surface area contributed by atoms with Crippen LogP contribution in [-0.2, 0) is 32.6 Å². The van der Waals surface area contributed by atoms with E-state index in [9.17, 15) is 18.0 Å². The Morgan fingerprint density at radius 1 is 1.00 bits per heavy atom. The number of hydrogen-bond acceptors (Lipinski definition) is 4. The van der Waals surface area contributed by atoms with Crippen LogP contribution in [0.15, 0.2) is 47.4 Å². The molecule has 1 fully saturated rings. The Morgan fingerprint density at radius 2 is 1.69 bits per heavy atom. The van der Waals surface area contributed by atoms with Gasteiger partial charge in [-0.25, -0.2) is 8.42 Å². The van der Waals surface area contributed by atoms with Crippen LogP contribution in [0.2, 0.25) is 0 Å². The molecule has 1 saturated carbocycles. The van der Waals surface area contributed by atoms with Crippen LogP contribution in [0, 0.1) is 5.92 Å². The Balaban J connectivity index is 1.49. The van der Waals surface area contributed by atoms with Gasteiger partial charge < -0.3 is 10.2 Å². The van der Waals surface area contributed by atoms with E-state index in [-0.39, 0.29) is 22.6 Å². The highest BCUT2D eigenvalue weighted by Crippen LogP contribution is 2.33. The Morgan fingerprint density at radius 3 is 2.34 bits per heavy atom. The molecule has 4 rings (SSSR count). The molecule has 0 atom stereocenters. The largest absolute Gasteiger partial charge is 0.338 e. The van der Waals surface area contributed by atoms with Crippen LogP contribution >= 0.6 is 0 Å². The summed E-state index contributed by atoms with van der Waals surface area (Å²) in [4.78, 5) is 25.4. The minimum absolute atomic E-state index is 0.106. The van der Waals surface area contributed by atoms with Gasteiger partial charge in [-0.1, -0.05) is 6.07 Å². The van der Waals surface area contributed by atoms with Gasteiger partial charge in [-0.05, 0) is 66.8 Å². The molecule has 2 aromatic rings. The number of nitrogens with one attached hydrogen (secondary N) is 2. The Bertz CT molecular complexity index is 1060. The van der Waals surface area contributed by atoms with Gasteiger partial charge in [-0.3, -0.25) is 14.3 Å². The number of rotatable bonds is 5. The van der Waals surface area contributed by atoms with Crippen LogP contribution in [0.5, 0.6) is 0 Å². The monoisotopic (exact) mass is 413 g/mol. The van der Waals surface area contributed by atoms with Gasteiger partial charge in [0.15, 0.2) is 0 Å². The summed E-state index contributed by atoms with van der Waals surface area (Å²) in [5, 5.41) is 2.61. The number of nitrogens with zero attached hydrogens (tertiary/aromatic N) is 1. The third-order valence-electron chi connectivity index (χ3n) is 5.19. The van der Waals surface area contributed by atoms with Crippen LogP contribution < -0.4 is 10.0 Å². The first-order valence-corrected chi connectivity index (χ1v) is 11.1. The first-order chi connectivity index (χ1) is 13.8. The van der Waals surface area contributed by atoms with Crippen molar-refractivity contribution in [3.63, 3.8) is 0 Å². The van der Waals surface area contributed by atoms with Crippen LogP contribution in [0.4, 0.5) is 11.4 Å². The van der Waals surface area contributed by atoms with Crippen molar-refractivity contribution < 1.29 is 18.0 Å². The highest BCUT2D eigenvalue weighted by molar-refractivity contribution is 7.92. The molecule has 2 aliphatic rings.